The van der Waals surface area contributed by atoms with Crippen LogP contribution in [0.25, 0.3) is 0 Å². The van der Waals surface area contributed by atoms with Crippen LogP contribution in [-0.2, 0) is 11.2 Å². The molecule has 1 aliphatic heterocycles. The molecule has 0 aromatic heterocycles. The molecule has 0 amide bonds. The molecule has 1 heterocycles. The fraction of sp³-hybridized carbons (Fsp3) is 0.611. The molecule has 2 unspecified atom stereocenters. The average Bonchev–Trinajstić information content (AvgIpc) is 2.81. The fourth-order valence-corrected chi connectivity index (χ4v) is 3.42. The van der Waals surface area contributed by atoms with Crippen molar-refractivity contribution in [2.75, 3.05) is 6.54 Å². The van der Waals surface area contributed by atoms with E-state index in [0.29, 0.717) is 5.92 Å². The third kappa shape index (κ3) is 3.29. The van der Waals surface area contributed by atoms with Crippen molar-refractivity contribution in [3.8, 4) is 0 Å². The van der Waals surface area contributed by atoms with Gasteiger partial charge in [0.2, 0.25) is 0 Å². The summed E-state index contributed by atoms with van der Waals surface area (Å²) in [5, 5.41) is 9.54. The van der Waals surface area contributed by atoms with Gasteiger partial charge in [0.1, 0.15) is 5.54 Å². The van der Waals surface area contributed by atoms with E-state index in [4.69, 9.17) is 0 Å². The lowest BCUT2D eigenvalue weighted by Gasteiger charge is -2.36. The van der Waals surface area contributed by atoms with Gasteiger partial charge >= 0.3 is 5.97 Å². The van der Waals surface area contributed by atoms with Crippen molar-refractivity contribution in [2.24, 2.45) is 5.92 Å². The van der Waals surface area contributed by atoms with Gasteiger partial charge in [-0.05, 0) is 56.7 Å². The largest absolute Gasteiger partial charge is 0.480 e. The quantitative estimate of drug-likeness (QED) is 0.894. The van der Waals surface area contributed by atoms with Crippen molar-refractivity contribution in [1.29, 1.82) is 0 Å². The monoisotopic (exact) mass is 289 g/mol. The van der Waals surface area contributed by atoms with E-state index in [9.17, 15) is 9.90 Å². The molecule has 0 spiro atoms. The van der Waals surface area contributed by atoms with Crippen LogP contribution in [0.2, 0.25) is 0 Å². The van der Waals surface area contributed by atoms with Gasteiger partial charge in [-0.15, -0.1) is 0 Å². The zero-order chi connectivity index (χ0) is 15.6. The Bertz CT molecular complexity index is 494. The molecule has 0 saturated carbocycles. The van der Waals surface area contributed by atoms with Gasteiger partial charge in [-0.1, -0.05) is 38.1 Å². The molecule has 116 valence electrons. The Balaban J connectivity index is 2.16. The predicted octanol–water partition coefficient (Wildman–Crippen LogP) is 3.89. The Morgan fingerprint density at radius 2 is 1.90 bits per heavy atom. The third-order valence-electron chi connectivity index (χ3n) is 4.73. The van der Waals surface area contributed by atoms with E-state index >= 15 is 0 Å². The highest BCUT2D eigenvalue weighted by Crippen LogP contribution is 2.36. The summed E-state index contributed by atoms with van der Waals surface area (Å²) in [6.45, 7) is 9.27. The van der Waals surface area contributed by atoms with Crippen LogP contribution in [0, 0.1) is 5.92 Å². The SMILES string of the molecule is CC(C)Cc1ccc(C(C)N2CCCC2(C)C(=O)O)cc1. The molecular weight excluding hydrogens is 262 g/mol. The Labute approximate surface area is 128 Å². The summed E-state index contributed by atoms with van der Waals surface area (Å²) in [5.74, 6) is -0.0505. The van der Waals surface area contributed by atoms with Crippen molar-refractivity contribution in [2.45, 2.75) is 58.5 Å². The number of rotatable bonds is 5. The van der Waals surface area contributed by atoms with Crippen LogP contribution in [0.3, 0.4) is 0 Å². The first-order chi connectivity index (χ1) is 9.84. The number of nitrogens with zero attached hydrogens (tertiary/aromatic N) is 1. The molecule has 1 aromatic carbocycles. The second-order valence-corrected chi connectivity index (χ2v) is 6.89. The standard InChI is InChI=1S/C18H27NO2/c1-13(2)12-15-6-8-16(9-7-15)14(3)19-11-5-10-18(19,4)17(20)21/h6-9,13-14H,5,10-12H2,1-4H3,(H,20,21). The minimum absolute atomic E-state index is 0.140. The van der Waals surface area contributed by atoms with E-state index < -0.39 is 11.5 Å². The maximum absolute atomic E-state index is 11.6. The van der Waals surface area contributed by atoms with Crippen molar-refractivity contribution in [1.82, 2.24) is 4.90 Å². The molecule has 1 N–H and O–H groups in total. The van der Waals surface area contributed by atoms with Gasteiger partial charge in [-0.25, -0.2) is 0 Å². The Morgan fingerprint density at radius 3 is 2.43 bits per heavy atom. The summed E-state index contributed by atoms with van der Waals surface area (Å²) in [7, 11) is 0. The van der Waals surface area contributed by atoms with E-state index in [1.54, 1.807) is 0 Å². The van der Waals surface area contributed by atoms with Crippen LogP contribution in [0.1, 0.15) is 57.7 Å². The normalized spacial score (nSPS) is 24.4. The van der Waals surface area contributed by atoms with Crippen molar-refractivity contribution < 1.29 is 9.90 Å². The molecular formula is C18H27NO2. The number of aliphatic carboxylic acids is 1. The van der Waals surface area contributed by atoms with Gasteiger partial charge in [-0.2, -0.15) is 0 Å². The zero-order valence-electron chi connectivity index (χ0n) is 13.6. The van der Waals surface area contributed by atoms with Crippen LogP contribution in [-0.4, -0.2) is 28.1 Å². The molecule has 21 heavy (non-hydrogen) atoms. The molecule has 2 rings (SSSR count). The number of carbonyl (C=O) groups is 1. The second-order valence-electron chi connectivity index (χ2n) is 6.89. The fourth-order valence-electron chi connectivity index (χ4n) is 3.42. The van der Waals surface area contributed by atoms with Crippen molar-refractivity contribution in [3.63, 3.8) is 0 Å². The zero-order valence-corrected chi connectivity index (χ0v) is 13.6. The van der Waals surface area contributed by atoms with Crippen LogP contribution in [0.15, 0.2) is 24.3 Å². The highest BCUT2D eigenvalue weighted by atomic mass is 16.4. The highest BCUT2D eigenvalue weighted by molar-refractivity contribution is 5.78. The van der Waals surface area contributed by atoms with Crippen LogP contribution in [0.5, 0.6) is 0 Å². The minimum atomic E-state index is -0.726. The first-order valence-corrected chi connectivity index (χ1v) is 7.93. The maximum Gasteiger partial charge on any atom is 0.323 e. The third-order valence-corrected chi connectivity index (χ3v) is 4.73. The number of hydrogen-bond acceptors (Lipinski definition) is 2. The molecule has 1 aromatic rings. The van der Waals surface area contributed by atoms with E-state index in [2.05, 4.69) is 49.9 Å². The van der Waals surface area contributed by atoms with Crippen molar-refractivity contribution >= 4 is 5.97 Å². The first kappa shape index (κ1) is 16.0. The van der Waals surface area contributed by atoms with Gasteiger partial charge in [0.05, 0.1) is 0 Å². The molecule has 0 radical (unpaired) electrons. The molecule has 1 saturated heterocycles. The number of likely N-dealkylation sites (tertiary alicyclic amines) is 1. The molecule has 1 aliphatic rings. The second kappa shape index (κ2) is 6.18. The van der Waals surface area contributed by atoms with E-state index in [-0.39, 0.29) is 6.04 Å². The lowest BCUT2D eigenvalue weighted by atomic mass is 9.95. The minimum Gasteiger partial charge on any atom is -0.480 e. The summed E-state index contributed by atoms with van der Waals surface area (Å²) in [4.78, 5) is 13.7. The Hall–Kier alpha value is -1.35. The molecule has 3 nitrogen and oxygen atoms in total. The number of carboxylic acid groups (broad SMARTS) is 1. The maximum atomic E-state index is 11.6. The highest BCUT2D eigenvalue weighted by Gasteiger charge is 2.45. The number of hydrogen-bond donors (Lipinski definition) is 1. The molecule has 0 bridgehead atoms. The molecule has 2 atom stereocenters. The first-order valence-electron chi connectivity index (χ1n) is 7.93. The van der Waals surface area contributed by atoms with Gasteiger partial charge < -0.3 is 5.11 Å². The van der Waals surface area contributed by atoms with Crippen LogP contribution < -0.4 is 0 Å². The van der Waals surface area contributed by atoms with Gasteiger partial charge in [-0.3, -0.25) is 9.69 Å². The average molecular weight is 289 g/mol. The van der Waals surface area contributed by atoms with Crippen LogP contribution >= 0.6 is 0 Å². The lowest BCUT2D eigenvalue weighted by molar-refractivity contribution is -0.149. The van der Waals surface area contributed by atoms with E-state index in [1.807, 2.05) is 6.92 Å². The topological polar surface area (TPSA) is 40.5 Å². The molecule has 1 fully saturated rings. The summed E-state index contributed by atoms with van der Waals surface area (Å²) in [6, 6.07) is 8.81. The van der Waals surface area contributed by atoms with Crippen molar-refractivity contribution in [3.05, 3.63) is 35.4 Å². The van der Waals surface area contributed by atoms with Gasteiger partial charge in [0.25, 0.3) is 0 Å². The van der Waals surface area contributed by atoms with Crippen LogP contribution in [0.4, 0.5) is 0 Å². The van der Waals surface area contributed by atoms with E-state index in [0.717, 1.165) is 25.8 Å². The summed E-state index contributed by atoms with van der Waals surface area (Å²) in [6.07, 6.45) is 2.78. The molecule has 0 aliphatic carbocycles. The summed E-state index contributed by atoms with van der Waals surface area (Å²) in [5.41, 5.74) is 1.83. The summed E-state index contributed by atoms with van der Waals surface area (Å²) < 4.78 is 0. The van der Waals surface area contributed by atoms with Gasteiger partial charge in [0.15, 0.2) is 0 Å². The number of benzene rings is 1. The summed E-state index contributed by atoms with van der Waals surface area (Å²) >= 11 is 0. The number of carboxylic acids is 1. The van der Waals surface area contributed by atoms with E-state index in [1.165, 1.54) is 11.1 Å². The van der Waals surface area contributed by atoms with Gasteiger partial charge in [0, 0.05) is 6.04 Å². The smallest absolute Gasteiger partial charge is 0.323 e. The molecule has 3 heteroatoms. The lowest BCUT2D eigenvalue weighted by Crippen LogP contribution is -2.48. The Kier molecular flexibility index (Phi) is 4.72. The Morgan fingerprint density at radius 1 is 1.29 bits per heavy atom. The predicted molar refractivity (Wildman–Crippen MR) is 85.4 cm³/mol.